The van der Waals surface area contributed by atoms with E-state index in [0.717, 1.165) is 22.5 Å². The van der Waals surface area contributed by atoms with Crippen LogP contribution in [0.3, 0.4) is 0 Å². The lowest BCUT2D eigenvalue weighted by Gasteiger charge is -2.22. The summed E-state index contributed by atoms with van der Waals surface area (Å²) in [5.74, 6) is -0.839. The Bertz CT molecular complexity index is 972. The molecule has 2 N–H and O–H groups in total. The lowest BCUT2D eigenvalue weighted by molar-refractivity contribution is -0.114. The van der Waals surface area contributed by atoms with Crippen molar-refractivity contribution >= 4 is 33.2 Å². The highest BCUT2D eigenvalue weighted by molar-refractivity contribution is 7.92. The first-order valence-electron chi connectivity index (χ1n) is 9.36. The van der Waals surface area contributed by atoms with Crippen molar-refractivity contribution in [1.82, 2.24) is 5.32 Å². The molecule has 2 aromatic carbocycles. The maximum absolute atomic E-state index is 12.6. The molecule has 0 spiro atoms. The van der Waals surface area contributed by atoms with Crippen LogP contribution in [0.25, 0.3) is 0 Å². The quantitative estimate of drug-likeness (QED) is 0.690. The van der Waals surface area contributed by atoms with Gasteiger partial charge in [0.25, 0.3) is 5.91 Å². The zero-order chi connectivity index (χ0) is 21.6. The molecule has 0 aliphatic rings. The summed E-state index contributed by atoms with van der Waals surface area (Å²) in [5, 5.41) is 5.52. The van der Waals surface area contributed by atoms with Crippen molar-refractivity contribution in [3.63, 3.8) is 0 Å². The summed E-state index contributed by atoms with van der Waals surface area (Å²) in [6.45, 7) is 5.35. The summed E-state index contributed by atoms with van der Waals surface area (Å²) in [4.78, 5) is 25.1. The molecule has 156 valence electrons. The monoisotopic (exact) mass is 417 g/mol. The Morgan fingerprint density at radius 2 is 1.69 bits per heavy atom. The van der Waals surface area contributed by atoms with Gasteiger partial charge < -0.3 is 10.6 Å². The number of hydrogen-bond acceptors (Lipinski definition) is 4. The molecule has 0 fully saturated rings. The summed E-state index contributed by atoms with van der Waals surface area (Å²) in [7, 11) is -3.67. The van der Waals surface area contributed by atoms with E-state index in [2.05, 4.69) is 10.6 Å². The van der Waals surface area contributed by atoms with E-state index >= 15 is 0 Å². The Balaban J connectivity index is 2.21. The van der Waals surface area contributed by atoms with E-state index in [9.17, 15) is 18.0 Å². The maximum atomic E-state index is 12.6. The van der Waals surface area contributed by atoms with Crippen molar-refractivity contribution in [2.75, 3.05) is 22.4 Å². The van der Waals surface area contributed by atoms with E-state index in [-0.39, 0.29) is 11.9 Å². The van der Waals surface area contributed by atoms with E-state index in [1.165, 1.54) is 0 Å². The van der Waals surface area contributed by atoms with Crippen molar-refractivity contribution in [2.24, 2.45) is 0 Å². The van der Waals surface area contributed by atoms with Gasteiger partial charge >= 0.3 is 0 Å². The topological polar surface area (TPSA) is 95.6 Å². The molecule has 0 aliphatic carbocycles. The van der Waals surface area contributed by atoms with Crippen molar-refractivity contribution in [1.29, 1.82) is 0 Å². The standard InChI is InChI=1S/C21H27N3O4S/c1-5-16(3)22-21(26)18-8-6-7-9-19(18)23-20(25)14-24(29(4,27)28)17-12-10-15(2)11-13-17/h6-13,16H,5,14H2,1-4H3,(H,22,26)(H,23,25)/t16-/m1/s1. The van der Waals surface area contributed by atoms with Crippen LogP contribution in [0.5, 0.6) is 0 Å². The van der Waals surface area contributed by atoms with Gasteiger partial charge in [0.2, 0.25) is 15.9 Å². The first kappa shape index (κ1) is 22.4. The number of hydrogen-bond donors (Lipinski definition) is 2. The lowest BCUT2D eigenvalue weighted by atomic mass is 10.1. The van der Waals surface area contributed by atoms with Gasteiger partial charge in [-0.15, -0.1) is 0 Å². The molecule has 7 nitrogen and oxygen atoms in total. The average Bonchev–Trinajstić information content (AvgIpc) is 2.66. The number of carbonyl (C=O) groups is 2. The third kappa shape index (κ3) is 6.32. The van der Waals surface area contributed by atoms with E-state index in [0.29, 0.717) is 16.9 Å². The summed E-state index contributed by atoms with van der Waals surface area (Å²) in [6.07, 6.45) is 1.83. The van der Waals surface area contributed by atoms with Crippen LogP contribution in [0.2, 0.25) is 0 Å². The Morgan fingerprint density at radius 1 is 1.07 bits per heavy atom. The molecule has 29 heavy (non-hydrogen) atoms. The van der Waals surface area contributed by atoms with Gasteiger partial charge in [0.05, 0.1) is 23.2 Å². The molecular weight excluding hydrogens is 390 g/mol. The highest BCUT2D eigenvalue weighted by Gasteiger charge is 2.22. The minimum Gasteiger partial charge on any atom is -0.350 e. The molecule has 0 saturated carbocycles. The van der Waals surface area contributed by atoms with E-state index < -0.39 is 22.5 Å². The zero-order valence-corrected chi connectivity index (χ0v) is 17.9. The second-order valence-corrected chi connectivity index (χ2v) is 8.89. The lowest BCUT2D eigenvalue weighted by Crippen LogP contribution is -2.38. The molecule has 0 aliphatic heterocycles. The molecule has 2 rings (SSSR count). The van der Waals surface area contributed by atoms with E-state index in [4.69, 9.17) is 0 Å². The van der Waals surface area contributed by atoms with Gasteiger partial charge in [-0.05, 0) is 44.5 Å². The highest BCUT2D eigenvalue weighted by atomic mass is 32.2. The zero-order valence-electron chi connectivity index (χ0n) is 17.1. The molecule has 0 aromatic heterocycles. The fourth-order valence-corrected chi connectivity index (χ4v) is 3.48. The molecule has 2 amide bonds. The largest absolute Gasteiger partial charge is 0.350 e. The first-order chi connectivity index (χ1) is 13.6. The predicted molar refractivity (Wildman–Crippen MR) is 116 cm³/mol. The molecular formula is C21H27N3O4S. The molecule has 0 saturated heterocycles. The maximum Gasteiger partial charge on any atom is 0.253 e. The number of sulfonamides is 1. The Kier molecular flexibility index (Phi) is 7.39. The minimum absolute atomic E-state index is 0.00600. The normalized spacial score (nSPS) is 12.1. The van der Waals surface area contributed by atoms with Crippen LogP contribution in [-0.4, -0.2) is 39.1 Å². The number of anilines is 2. The summed E-state index contributed by atoms with van der Waals surface area (Å²) in [6, 6.07) is 13.5. The van der Waals surface area contributed by atoms with Crippen LogP contribution in [-0.2, 0) is 14.8 Å². The highest BCUT2D eigenvalue weighted by Crippen LogP contribution is 2.19. The van der Waals surface area contributed by atoms with Gasteiger partial charge in [0.1, 0.15) is 6.54 Å². The van der Waals surface area contributed by atoms with Gasteiger partial charge in [0.15, 0.2) is 0 Å². The predicted octanol–water partition coefficient (Wildman–Crippen LogP) is 2.93. The molecule has 0 heterocycles. The van der Waals surface area contributed by atoms with Crippen LogP contribution in [0.1, 0.15) is 36.2 Å². The number of para-hydroxylation sites is 1. The molecule has 2 aromatic rings. The van der Waals surface area contributed by atoms with Crippen LogP contribution in [0, 0.1) is 6.92 Å². The summed E-state index contributed by atoms with van der Waals surface area (Å²) < 4.78 is 25.5. The fourth-order valence-electron chi connectivity index (χ4n) is 2.62. The molecule has 0 radical (unpaired) electrons. The molecule has 1 atom stereocenters. The van der Waals surface area contributed by atoms with Crippen LogP contribution in [0.15, 0.2) is 48.5 Å². The van der Waals surface area contributed by atoms with E-state index in [1.807, 2.05) is 20.8 Å². The average molecular weight is 418 g/mol. The van der Waals surface area contributed by atoms with Crippen LogP contribution < -0.4 is 14.9 Å². The smallest absolute Gasteiger partial charge is 0.253 e. The number of nitrogens with zero attached hydrogens (tertiary/aromatic N) is 1. The number of rotatable bonds is 8. The van der Waals surface area contributed by atoms with Gasteiger partial charge in [-0.3, -0.25) is 13.9 Å². The summed E-state index contributed by atoms with van der Waals surface area (Å²) in [5.41, 5.74) is 2.03. The summed E-state index contributed by atoms with van der Waals surface area (Å²) >= 11 is 0. The van der Waals surface area contributed by atoms with Gasteiger partial charge in [-0.25, -0.2) is 8.42 Å². The van der Waals surface area contributed by atoms with Gasteiger partial charge in [0, 0.05) is 6.04 Å². The third-order valence-corrected chi connectivity index (χ3v) is 5.59. The first-order valence-corrected chi connectivity index (χ1v) is 11.2. The molecule has 8 heteroatoms. The SMILES string of the molecule is CC[C@@H](C)NC(=O)c1ccccc1NC(=O)CN(c1ccc(C)cc1)S(C)(=O)=O. The second kappa shape index (κ2) is 9.56. The number of carbonyl (C=O) groups excluding carboxylic acids is 2. The van der Waals surface area contributed by atoms with Crippen molar-refractivity contribution in [3.05, 3.63) is 59.7 Å². The van der Waals surface area contributed by atoms with Crippen LogP contribution >= 0.6 is 0 Å². The van der Waals surface area contributed by atoms with Crippen LogP contribution in [0.4, 0.5) is 11.4 Å². The molecule has 0 unspecified atom stereocenters. The fraction of sp³-hybridized carbons (Fsp3) is 0.333. The third-order valence-electron chi connectivity index (χ3n) is 4.45. The van der Waals surface area contributed by atoms with Crippen molar-refractivity contribution in [2.45, 2.75) is 33.2 Å². The van der Waals surface area contributed by atoms with E-state index in [1.54, 1.807) is 48.5 Å². The second-order valence-electron chi connectivity index (χ2n) is 6.98. The molecule has 0 bridgehead atoms. The van der Waals surface area contributed by atoms with Gasteiger partial charge in [-0.2, -0.15) is 0 Å². The minimum atomic E-state index is -3.67. The van der Waals surface area contributed by atoms with Crippen molar-refractivity contribution in [3.8, 4) is 0 Å². The van der Waals surface area contributed by atoms with Crippen molar-refractivity contribution < 1.29 is 18.0 Å². The Labute approximate surface area is 172 Å². The number of amides is 2. The van der Waals surface area contributed by atoms with Gasteiger partial charge in [-0.1, -0.05) is 36.8 Å². The number of aryl methyl sites for hydroxylation is 1. The number of nitrogens with one attached hydrogen (secondary N) is 2. The Morgan fingerprint density at radius 3 is 2.28 bits per heavy atom. The Hall–Kier alpha value is -2.87. The number of benzene rings is 2.